The Morgan fingerprint density at radius 1 is 1.46 bits per heavy atom. The standard InChI is InChI=1S/C10H6N2O/c11-6-2-4-9-3-1-5-10(7-9)12-8-13/h1-5,7H. The number of hydrogen-bond acceptors (Lipinski definition) is 3. The van der Waals surface area contributed by atoms with E-state index < -0.39 is 0 Å². The van der Waals surface area contributed by atoms with E-state index in [9.17, 15) is 4.79 Å². The Morgan fingerprint density at radius 3 is 3.00 bits per heavy atom. The van der Waals surface area contributed by atoms with Crippen LogP contribution in [0.4, 0.5) is 5.69 Å². The van der Waals surface area contributed by atoms with Crippen LogP contribution < -0.4 is 0 Å². The van der Waals surface area contributed by atoms with Gasteiger partial charge in [-0.1, -0.05) is 12.1 Å². The van der Waals surface area contributed by atoms with Crippen molar-refractivity contribution in [3.05, 3.63) is 35.9 Å². The largest absolute Gasteiger partial charge is 0.240 e. The van der Waals surface area contributed by atoms with Crippen molar-refractivity contribution in [2.45, 2.75) is 0 Å². The van der Waals surface area contributed by atoms with E-state index in [1.807, 2.05) is 12.1 Å². The molecular weight excluding hydrogens is 164 g/mol. The van der Waals surface area contributed by atoms with Crippen LogP contribution in [-0.4, -0.2) is 6.08 Å². The molecule has 3 heteroatoms. The molecule has 0 unspecified atom stereocenters. The molecular formula is C10H6N2O. The van der Waals surface area contributed by atoms with Gasteiger partial charge in [-0.3, -0.25) is 0 Å². The van der Waals surface area contributed by atoms with Crippen molar-refractivity contribution in [3.63, 3.8) is 0 Å². The van der Waals surface area contributed by atoms with E-state index in [1.54, 1.807) is 24.3 Å². The summed E-state index contributed by atoms with van der Waals surface area (Å²) in [6.45, 7) is 0. The van der Waals surface area contributed by atoms with Crippen LogP contribution >= 0.6 is 0 Å². The van der Waals surface area contributed by atoms with Crippen LogP contribution in [0.25, 0.3) is 6.08 Å². The van der Waals surface area contributed by atoms with E-state index >= 15 is 0 Å². The van der Waals surface area contributed by atoms with E-state index in [2.05, 4.69) is 4.99 Å². The first kappa shape index (κ1) is 8.92. The SMILES string of the molecule is N#CC=Cc1cccc(N=C=O)c1. The summed E-state index contributed by atoms with van der Waals surface area (Å²) < 4.78 is 0. The van der Waals surface area contributed by atoms with Crippen molar-refractivity contribution >= 4 is 17.8 Å². The van der Waals surface area contributed by atoms with E-state index in [4.69, 9.17) is 5.26 Å². The highest BCUT2D eigenvalue weighted by Gasteiger charge is 1.89. The quantitative estimate of drug-likeness (QED) is 0.388. The summed E-state index contributed by atoms with van der Waals surface area (Å²) in [5.41, 5.74) is 1.37. The number of isocyanates is 1. The van der Waals surface area contributed by atoms with Crippen molar-refractivity contribution in [1.82, 2.24) is 0 Å². The van der Waals surface area contributed by atoms with Crippen molar-refractivity contribution in [3.8, 4) is 6.07 Å². The number of rotatable bonds is 2. The van der Waals surface area contributed by atoms with E-state index in [-0.39, 0.29) is 0 Å². The van der Waals surface area contributed by atoms with Gasteiger partial charge >= 0.3 is 0 Å². The molecule has 1 rings (SSSR count). The van der Waals surface area contributed by atoms with Crippen LogP contribution in [0.2, 0.25) is 0 Å². The van der Waals surface area contributed by atoms with Crippen LogP contribution in [0, 0.1) is 11.3 Å². The maximum absolute atomic E-state index is 9.94. The first-order valence-electron chi connectivity index (χ1n) is 3.61. The number of aliphatic imine (C=N–C) groups is 1. The number of nitriles is 1. The number of carbonyl (C=O) groups excluding carboxylic acids is 1. The third kappa shape index (κ3) is 2.74. The van der Waals surface area contributed by atoms with Gasteiger partial charge in [-0.15, -0.1) is 0 Å². The van der Waals surface area contributed by atoms with Crippen molar-refractivity contribution in [1.29, 1.82) is 5.26 Å². The van der Waals surface area contributed by atoms with Crippen molar-refractivity contribution < 1.29 is 4.79 Å². The van der Waals surface area contributed by atoms with Gasteiger partial charge in [0.2, 0.25) is 6.08 Å². The smallest absolute Gasteiger partial charge is 0.211 e. The fourth-order valence-corrected chi connectivity index (χ4v) is 0.884. The molecule has 13 heavy (non-hydrogen) atoms. The Bertz CT molecular complexity index is 409. The molecule has 0 saturated heterocycles. The van der Waals surface area contributed by atoms with Gasteiger partial charge in [0, 0.05) is 6.08 Å². The summed E-state index contributed by atoms with van der Waals surface area (Å²) in [6, 6.07) is 8.84. The Morgan fingerprint density at radius 2 is 2.31 bits per heavy atom. The number of allylic oxidation sites excluding steroid dienone is 1. The molecule has 0 saturated carbocycles. The Kier molecular flexibility index (Phi) is 3.20. The minimum absolute atomic E-state index is 0.537. The van der Waals surface area contributed by atoms with Crippen LogP contribution in [0.15, 0.2) is 35.3 Å². The summed E-state index contributed by atoms with van der Waals surface area (Å²) in [5, 5.41) is 8.28. The van der Waals surface area contributed by atoms with E-state index in [0.717, 1.165) is 5.56 Å². The van der Waals surface area contributed by atoms with Gasteiger partial charge < -0.3 is 0 Å². The molecule has 0 atom stereocenters. The van der Waals surface area contributed by atoms with Gasteiger partial charge in [0.1, 0.15) is 0 Å². The minimum atomic E-state index is 0.537. The van der Waals surface area contributed by atoms with E-state index in [1.165, 1.54) is 12.2 Å². The lowest BCUT2D eigenvalue weighted by Crippen LogP contribution is -1.70. The van der Waals surface area contributed by atoms with Crippen molar-refractivity contribution in [2.24, 2.45) is 4.99 Å². The molecule has 0 N–H and O–H groups in total. The molecule has 0 aliphatic carbocycles. The van der Waals surface area contributed by atoms with Gasteiger partial charge in [-0.05, 0) is 23.8 Å². The maximum atomic E-state index is 9.94. The highest BCUT2D eigenvalue weighted by atomic mass is 16.1. The molecule has 1 aromatic rings. The Labute approximate surface area is 75.7 Å². The molecule has 0 fully saturated rings. The first-order valence-corrected chi connectivity index (χ1v) is 3.61. The molecule has 0 heterocycles. The van der Waals surface area contributed by atoms with Crippen LogP contribution in [0.3, 0.4) is 0 Å². The Hall–Kier alpha value is -2.17. The average Bonchev–Trinajstić information content (AvgIpc) is 2.16. The van der Waals surface area contributed by atoms with Crippen LogP contribution in [0.1, 0.15) is 5.56 Å². The maximum Gasteiger partial charge on any atom is 0.240 e. The molecule has 0 aliphatic heterocycles. The fourth-order valence-electron chi connectivity index (χ4n) is 0.884. The molecule has 3 nitrogen and oxygen atoms in total. The lowest BCUT2D eigenvalue weighted by Gasteiger charge is -1.92. The predicted molar refractivity (Wildman–Crippen MR) is 48.9 cm³/mol. The van der Waals surface area contributed by atoms with Crippen molar-refractivity contribution in [2.75, 3.05) is 0 Å². The summed E-state index contributed by atoms with van der Waals surface area (Å²) in [7, 11) is 0. The molecule has 1 aromatic carbocycles. The summed E-state index contributed by atoms with van der Waals surface area (Å²) >= 11 is 0. The zero-order chi connectivity index (χ0) is 9.52. The fraction of sp³-hybridized carbons (Fsp3) is 0. The van der Waals surface area contributed by atoms with Gasteiger partial charge in [-0.25, -0.2) is 4.79 Å². The molecule has 0 spiro atoms. The summed E-state index contributed by atoms with van der Waals surface area (Å²) in [5.74, 6) is 0. The molecule has 0 bridgehead atoms. The number of benzene rings is 1. The van der Waals surface area contributed by atoms with Gasteiger partial charge in [0.15, 0.2) is 0 Å². The third-order valence-corrected chi connectivity index (χ3v) is 1.40. The van der Waals surface area contributed by atoms with Gasteiger partial charge in [-0.2, -0.15) is 10.3 Å². The van der Waals surface area contributed by atoms with Crippen LogP contribution in [-0.2, 0) is 4.79 Å². The minimum Gasteiger partial charge on any atom is -0.211 e. The molecule has 62 valence electrons. The normalized spacial score (nSPS) is 9.15. The van der Waals surface area contributed by atoms with Crippen LogP contribution in [0.5, 0.6) is 0 Å². The lowest BCUT2D eigenvalue weighted by atomic mass is 10.2. The first-order chi connectivity index (χ1) is 6.36. The lowest BCUT2D eigenvalue weighted by molar-refractivity contribution is 0.565. The van der Waals surface area contributed by atoms with Gasteiger partial charge in [0.05, 0.1) is 11.8 Å². The Balaban J connectivity index is 2.99. The second-order valence-electron chi connectivity index (χ2n) is 2.26. The number of nitrogens with zero attached hydrogens (tertiary/aromatic N) is 2. The average molecular weight is 170 g/mol. The zero-order valence-corrected chi connectivity index (χ0v) is 6.77. The van der Waals surface area contributed by atoms with Gasteiger partial charge in [0.25, 0.3) is 0 Å². The molecule has 0 radical (unpaired) electrons. The number of hydrogen-bond donors (Lipinski definition) is 0. The monoisotopic (exact) mass is 170 g/mol. The highest BCUT2D eigenvalue weighted by molar-refractivity contribution is 5.58. The second kappa shape index (κ2) is 4.66. The molecule has 0 amide bonds. The molecule has 0 aromatic heterocycles. The summed E-state index contributed by atoms with van der Waals surface area (Å²) in [6.07, 6.45) is 4.46. The topological polar surface area (TPSA) is 53.2 Å². The predicted octanol–water partition coefficient (Wildman–Crippen LogP) is 2.19. The third-order valence-electron chi connectivity index (χ3n) is 1.40. The summed E-state index contributed by atoms with van der Waals surface area (Å²) in [4.78, 5) is 13.4. The highest BCUT2D eigenvalue weighted by Crippen LogP contribution is 2.13. The second-order valence-corrected chi connectivity index (χ2v) is 2.26. The zero-order valence-electron chi connectivity index (χ0n) is 6.77. The molecule has 0 aliphatic rings. The van der Waals surface area contributed by atoms with E-state index in [0.29, 0.717) is 5.69 Å².